The van der Waals surface area contributed by atoms with Crippen LogP contribution in [0.3, 0.4) is 0 Å². The first-order valence-corrected chi connectivity index (χ1v) is 8.08. The number of nitrogens with zero attached hydrogens (tertiary/aromatic N) is 2. The van der Waals surface area contributed by atoms with E-state index in [0.29, 0.717) is 5.75 Å². The average Bonchev–Trinajstić information content (AvgIpc) is 2.93. The van der Waals surface area contributed by atoms with Crippen LogP contribution in [0.15, 0.2) is 18.3 Å². The van der Waals surface area contributed by atoms with Crippen molar-refractivity contribution in [3.05, 3.63) is 24.0 Å². The molecule has 7 heteroatoms. The standard InChI is InChI=1S/C17H25N3O4/c1-17(2,3)20(16(22)23)12-8-5-7-11(12)19-15(21)14-13(24-4)9-6-10-18-14/h6,9-12H,5,7-8H2,1-4H3,(H,19,21)(H,22,23)/t11-,12-/m0/s1. The van der Waals surface area contributed by atoms with Crippen LogP contribution in [0.2, 0.25) is 0 Å². The Balaban J connectivity index is 2.19. The smallest absolute Gasteiger partial charge is 0.408 e. The fourth-order valence-electron chi connectivity index (χ4n) is 3.31. The minimum atomic E-state index is -0.968. The van der Waals surface area contributed by atoms with Crippen LogP contribution in [0.4, 0.5) is 4.79 Å². The number of amides is 2. The van der Waals surface area contributed by atoms with Gasteiger partial charge in [0.2, 0.25) is 0 Å². The normalized spacial score (nSPS) is 20.5. The van der Waals surface area contributed by atoms with Gasteiger partial charge in [0.05, 0.1) is 13.2 Å². The SMILES string of the molecule is COc1cccnc1C(=O)N[C@H]1CCC[C@@H]1N(C(=O)O)C(C)(C)C. The van der Waals surface area contributed by atoms with Gasteiger partial charge >= 0.3 is 6.09 Å². The second kappa shape index (κ2) is 7.07. The Hall–Kier alpha value is -2.31. The van der Waals surface area contributed by atoms with E-state index in [-0.39, 0.29) is 23.7 Å². The molecule has 0 radical (unpaired) electrons. The molecule has 0 spiro atoms. The lowest BCUT2D eigenvalue weighted by Crippen LogP contribution is -2.57. The van der Waals surface area contributed by atoms with E-state index in [9.17, 15) is 14.7 Å². The molecule has 132 valence electrons. The lowest BCUT2D eigenvalue weighted by molar-refractivity contribution is 0.0594. The van der Waals surface area contributed by atoms with Crippen LogP contribution in [-0.2, 0) is 0 Å². The maximum atomic E-state index is 12.5. The second-order valence-corrected chi connectivity index (χ2v) is 6.96. The van der Waals surface area contributed by atoms with Crippen LogP contribution < -0.4 is 10.1 Å². The van der Waals surface area contributed by atoms with E-state index in [1.165, 1.54) is 18.2 Å². The summed E-state index contributed by atoms with van der Waals surface area (Å²) in [5, 5.41) is 12.5. The highest BCUT2D eigenvalue weighted by atomic mass is 16.5. The zero-order valence-corrected chi connectivity index (χ0v) is 14.6. The number of nitrogens with one attached hydrogen (secondary N) is 1. The molecule has 2 N–H and O–H groups in total. The average molecular weight is 335 g/mol. The molecule has 1 fully saturated rings. The number of carbonyl (C=O) groups excluding carboxylic acids is 1. The van der Waals surface area contributed by atoms with Crippen LogP contribution in [0, 0.1) is 0 Å². The van der Waals surface area contributed by atoms with Crippen molar-refractivity contribution in [2.45, 2.75) is 57.7 Å². The summed E-state index contributed by atoms with van der Waals surface area (Å²) in [4.78, 5) is 29.8. The van der Waals surface area contributed by atoms with Gasteiger partial charge in [0.1, 0.15) is 5.75 Å². The molecule has 1 aliphatic carbocycles. The molecule has 7 nitrogen and oxygen atoms in total. The quantitative estimate of drug-likeness (QED) is 0.882. The number of pyridine rings is 1. The predicted molar refractivity (Wildman–Crippen MR) is 89.3 cm³/mol. The third-order valence-electron chi connectivity index (χ3n) is 4.26. The maximum absolute atomic E-state index is 12.5. The minimum Gasteiger partial charge on any atom is -0.494 e. The van der Waals surface area contributed by atoms with Gasteiger partial charge in [0.15, 0.2) is 5.69 Å². The molecule has 0 unspecified atom stereocenters. The van der Waals surface area contributed by atoms with Gasteiger partial charge in [-0.15, -0.1) is 0 Å². The molecule has 2 atom stereocenters. The lowest BCUT2D eigenvalue weighted by Gasteiger charge is -2.40. The maximum Gasteiger partial charge on any atom is 0.408 e. The van der Waals surface area contributed by atoms with E-state index in [1.54, 1.807) is 12.1 Å². The van der Waals surface area contributed by atoms with Crippen molar-refractivity contribution in [1.82, 2.24) is 15.2 Å². The van der Waals surface area contributed by atoms with Crippen LogP contribution in [0.5, 0.6) is 5.75 Å². The summed E-state index contributed by atoms with van der Waals surface area (Å²) in [5.41, 5.74) is -0.324. The van der Waals surface area contributed by atoms with Gasteiger partial charge in [-0.05, 0) is 52.2 Å². The summed E-state index contributed by atoms with van der Waals surface area (Å²) in [6.45, 7) is 5.58. The van der Waals surface area contributed by atoms with Crippen molar-refractivity contribution in [1.29, 1.82) is 0 Å². The summed E-state index contributed by atoms with van der Waals surface area (Å²) < 4.78 is 5.17. The summed E-state index contributed by atoms with van der Waals surface area (Å²) in [7, 11) is 1.48. The van der Waals surface area contributed by atoms with Gasteiger partial charge in [0, 0.05) is 17.8 Å². The molecule has 1 saturated carbocycles. The van der Waals surface area contributed by atoms with E-state index in [2.05, 4.69) is 10.3 Å². The van der Waals surface area contributed by atoms with Gasteiger partial charge in [0.25, 0.3) is 5.91 Å². The summed E-state index contributed by atoms with van der Waals surface area (Å²) >= 11 is 0. The molecule has 1 aliphatic rings. The molecule has 24 heavy (non-hydrogen) atoms. The van der Waals surface area contributed by atoms with Crippen molar-refractivity contribution in [2.24, 2.45) is 0 Å². The zero-order chi connectivity index (χ0) is 17.9. The Morgan fingerprint density at radius 1 is 1.38 bits per heavy atom. The van der Waals surface area contributed by atoms with E-state index in [0.717, 1.165) is 19.3 Å². The molecule has 0 bridgehead atoms. The molecule has 0 aliphatic heterocycles. The monoisotopic (exact) mass is 335 g/mol. The summed E-state index contributed by atoms with van der Waals surface area (Å²) in [6.07, 6.45) is 2.90. The Bertz CT molecular complexity index is 612. The highest BCUT2D eigenvalue weighted by Crippen LogP contribution is 2.30. The number of carbonyl (C=O) groups is 2. The molecule has 1 aromatic rings. The highest BCUT2D eigenvalue weighted by molar-refractivity contribution is 5.95. The number of hydrogen-bond donors (Lipinski definition) is 2. The summed E-state index contributed by atoms with van der Waals surface area (Å²) in [6, 6.07) is 2.88. The number of rotatable bonds is 4. The van der Waals surface area contributed by atoms with Crippen molar-refractivity contribution >= 4 is 12.0 Å². The van der Waals surface area contributed by atoms with Crippen LogP contribution in [0.1, 0.15) is 50.5 Å². The minimum absolute atomic E-state index is 0.211. The van der Waals surface area contributed by atoms with Crippen molar-refractivity contribution in [3.8, 4) is 5.75 Å². The molecular formula is C17H25N3O4. The van der Waals surface area contributed by atoms with Gasteiger partial charge in [-0.2, -0.15) is 0 Å². The number of aromatic nitrogens is 1. The topological polar surface area (TPSA) is 91.8 Å². The van der Waals surface area contributed by atoms with Gasteiger partial charge < -0.3 is 15.2 Å². The molecule has 2 amide bonds. The lowest BCUT2D eigenvalue weighted by atomic mass is 10.0. The zero-order valence-electron chi connectivity index (χ0n) is 14.6. The van der Waals surface area contributed by atoms with E-state index >= 15 is 0 Å². The molecule has 1 heterocycles. The van der Waals surface area contributed by atoms with Crippen LogP contribution in [-0.4, -0.2) is 51.7 Å². The van der Waals surface area contributed by atoms with Crippen LogP contribution in [0.25, 0.3) is 0 Å². The number of ether oxygens (including phenoxy) is 1. The second-order valence-electron chi connectivity index (χ2n) is 6.96. The number of hydrogen-bond acceptors (Lipinski definition) is 4. The molecular weight excluding hydrogens is 310 g/mol. The molecule has 0 saturated heterocycles. The Morgan fingerprint density at radius 2 is 2.08 bits per heavy atom. The third-order valence-corrected chi connectivity index (χ3v) is 4.26. The van der Waals surface area contributed by atoms with Gasteiger partial charge in [-0.25, -0.2) is 9.78 Å². The van der Waals surface area contributed by atoms with E-state index < -0.39 is 11.6 Å². The molecule has 2 rings (SSSR count). The first-order valence-electron chi connectivity index (χ1n) is 8.08. The van der Waals surface area contributed by atoms with E-state index in [1.807, 2.05) is 20.8 Å². The predicted octanol–water partition coefficient (Wildman–Crippen LogP) is 2.52. The first kappa shape index (κ1) is 18.0. The highest BCUT2D eigenvalue weighted by Gasteiger charge is 2.41. The fourth-order valence-corrected chi connectivity index (χ4v) is 3.31. The fraction of sp³-hybridized carbons (Fsp3) is 0.588. The molecule has 1 aromatic heterocycles. The van der Waals surface area contributed by atoms with Crippen molar-refractivity contribution in [2.75, 3.05) is 7.11 Å². The Labute approximate surface area is 142 Å². The van der Waals surface area contributed by atoms with Crippen LogP contribution >= 0.6 is 0 Å². The number of methoxy groups -OCH3 is 1. The van der Waals surface area contributed by atoms with Crippen molar-refractivity contribution in [3.63, 3.8) is 0 Å². The van der Waals surface area contributed by atoms with Gasteiger partial charge in [-0.3, -0.25) is 9.69 Å². The third kappa shape index (κ3) is 3.77. The Kier molecular flexibility index (Phi) is 5.31. The van der Waals surface area contributed by atoms with E-state index in [4.69, 9.17) is 4.74 Å². The van der Waals surface area contributed by atoms with Crippen molar-refractivity contribution < 1.29 is 19.4 Å². The molecule has 0 aromatic carbocycles. The largest absolute Gasteiger partial charge is 0.494 e. The Morgan fingerprint density at radius 3 is 2.67 bits per heavy atom. The van der Waals surface area contributed by atoms with Gasteiger partial charge in [-0.1, -0.05) is 0 Å². The number of carboxylic acid groups (broad SMARTS) is 1. The summed E-state index contributed by atoms with van der Waals surface area (Å²) in [5.74, 6) is 0.0547. The first-order chi connectivity index (χ1) is 11.3.